The monoisotopic (exact) mass is 325 g/mol. The summed E-state index contributed by atoms with van der Waals surface area (Å²) in [5, 5.41) is 19.4. The highest BCUT2D eigenvalue weighted by molar-refractivity contribution is 5.67. The lowest BCUT2D eigenvalue weighted by molar-refractivity contribution is -0.138. The number of rotatable bonds is 12. The molecule has 2 N–H and O–H groups in total. The van der Waals surface area contributed by atoms with E-state index in [-0.39, 0.29) is 18.4 Å². The van der Waals surface area contributed by atoms with Gasteiger partial charge in [0.2, 0.25) is 0 Å². The normalized spacial score (nSPS) is 20.0. The molecule has 1 aliphatic rings. The van der Waals surface area contributed by atoms with Gasteiger partial charge in [-0.15, -0.1) is 0 Å². The van der Waals surface area contributed by atoms with Gasteiger partial charge < -0.3 is 10.2 Å². The molecule has 0 spiro atoms. The summed E-state index contributed by atoms with van der Waals surface area (Å²) in [5.41, 5.74) is 0. The number of carboxylic acid groups (broad SMARTS) is 1. The first-order valence-electron chi connectivity index (χ1n) is 9.40. The van der Waals surface area contributed by atoms with E-state index < -0.39 is 12.1 Å². The van der Waals surface area contributed by atoms with Crippen molar-refractivity contribution in [3.63, 3.8) is 0 Å². The molecule has 1 fully saturated rings. The number of aliphatic hydroxyl groups excluding tert-OH is 1. The number of unbranched alkanes of at least 4 members (excludes halogenated alkanes) is 2. The zero-order valence-corrected chi connectivity index (χ0v) is 14.9. The Balaban J connectivity index is 2.68. The minimum absolute atomic E-state index is 0.0639. The van der Waals surface area contributed by atoms with E-state index in [0.717, 1.165) is 51.6 Å². The summed E-state index contributed by atoms with van der Waals surface area (Å²) in [6.07, 6.45) is 12.3. The van der Waals surface area contributed by atoms with Gasteiger partial charge in [0.05, 0.1) is 12.5 Å². The molecule has 0 aromatic carbocycles. The highest BCUT2D eigenvalue weighted by Crippen LogP contribution is 2.25. The lowest BCUT2D eigenvalue weighted by Gasteiger charge is -2.32. The fourth-order valence-corrected chi connectivity index (χ4v) is 3.52. The molecule has 0 radical (unpaired) electrons. The van der Waals surface area contributed by atoms with Crippen molar-refractivity contribution in [1.29, 1.82) is 0 Å². The Morgan fingerprint density at radius 2 is 1.78 bits per heavy atom. The van der Waals surface area contributed by atoms with Gasteiger partial charge in [-0.2, -0.15) is 0 Å². The number of hydrogen-bond acceptors (Lipinski definition) is 3. The first kappa shape index (κ1) is 20.2. The molecule has 0 aromatic rings. The SMILES string of the molecule is CCCCCC(O)C=CC(CCC)C(CC(=O)O)N1CCCC1. The van der Waals surface area contributed by atoms with Gasteiger partial charge in [0.25, 0.3) is 0 Å². The quantitative estimate of drug-likeness (QED) is 0.423. The van der Waals surface area contributed by atoms with E-state index in [4.69, 9.17) is 0 Å². The van der Waals surface area contributed by atoms with Crippen LogP contribution in [-0.4, -0.2) is 46.3 Å². The summed E-state index contributed by atoms with van der Waals surface area (Å²) in [6.45, 7) is 6.31. The van der Waals surface area contributed by atoms with E-state index in [1.807, 2.05) is 6.08 Å². The third-order valence-electron chi connectivity index (χ3n) is 4.79. The molecule has 134 valence electrons. The van der Waals surface area contributed by atoms with Crippen LogP contribution >= 0.6 is 0 Å². The van der Waals surface area contributed by atoms with Gasteiger partial charge in [-0.3, -0.25) is 9.69 Å². The molecule has 3 unspecified atom stereocenters. The lowest BCUT2D eigenvalue weighted by atomic mass is 9.90. The van der Waals surface area contributed by atoms with Crippen molar-refractivity contribution in [2.24, 2.45) is 5.92 Å². The van der Waals surface area contributed by atoms with Crippen LogP contribution in [0.1, 0.15) is 71.6 Å². The summed E-state index contributed by atoms with van der Waals surface area (Å²) >= 11 is 0. The fraction of sp³-hybridized carbons (Fsp3) is 0.842. The summed E-state index contributed by atoms with van der Waals surface area (Å²) in [5.74, 6) is -0.505. The van der Waals surface area contributed by atoms with Crippen molar-refractivity contribution in [2.75, 3.05) is 13.1 Å². The van der Waals surface area contributed by atoms with E-state index in [1.165, 1.54) is 12.8 Å². The van der Waals surface area contributed by atoms with Crippen LogP contribution in [0.25, 0.3) is 0 Å². The van der Waals surface area contributed by atoms with Crippen molar-refractivity contribution < 1.29 is 15.0 Å². The van der Waals surface area contributed by atoms with Gasteiger partial charge in [0, 0.05) is 6.04 Å². The smallest absolute Gasteiger partial charge is 0.304 e. The maximum Gasteiger partial charge on any atom is 0.304 e. The molecular weight excluding hydrogens is 290 g/mol. The zero-order valence-electron chi connectivity index (χ0n) is 14.9. The maximum absolute atomic E-state index is 11.3. The van der Waals surface area contributed by atoms with Crippen molar-refractivity contribution >= 4 is 5.97 Å². The van der Waals surface area contributed by atoms with Gasteiger partial charge in [-0.25, -0.2) is 0 Å². The molecule has 3 atom stereocenters. The van der Waals surface area contributed by atoms with Gasteiger partial charge in [-0.1, -0.05) is 51.7 Å². The second kappa shape index (κ2) is 11.6. The number of nitrogens with zero attached hydrogens (tertiary/aromatic N) is 1. The molecule has 23 heavy (non-hydrogen) atoms. The number of aliphatic hydroxyl groups is 1. The number of carbonyl (C=O) groups is 1. The summed E-state index contributed by atoms with van der Waals surface area (Å²) < 4.78 is 0. The van der Waals surface area contributed by atoms with Gasteiger partial charge >= 0.3 is 5.97 Å². The van der Waals surface area contributed by atoms with E-state index in [9.17, 15) is 15.0 Å². The minimum atomic E-state index is -0.722. The zero-order chi connectivity index (χ0) is 17.1. The number of carboxylic acids is 1. The Kier molecular flexibility index (Phi) is 10.2. The van der Waals surface area contributed by atoms with E-state index >= 15 is 0 Å². The molecule has 0 bridgehead atoms. The Labute approximate surface area is 141 Å². The predicted octanol–water partition coefficient (Wildman–Crippen LogP) is 3.84. The molecule has 0 aliphatic carbocycles. The van der Waals surface area contributed by atoms with Crippen molar-refractivity contribution in [3.8, 4) is 0 Å². The second-order valence-electron chi connectivity index (χ2n) is 6.81. The van der Waals surface area contributed by atoms with Gasteiger partial charge in [-0.05, 0) is 44.7 Å². The standard InChI is InChI=1S/C19H35NO3/c1-3-5-6-10-17(21)12-11-16(9-4-2)18(15-19(22)23)20-13-7-8-14-20/h11-12,16-18,21H,3-10,13-15H2,1-2H3,(H,22,23). The molecular formula is C19H35NO3. The van der Waals surface area contributed by atoms with Crippen LogP contribution < -0.4 is 0 Å². The number of hydrogen-bond donors (Lipinski definition) is 2. The number of aliphatic carboxylic acids is 1. The van der Waals surface area contributed by atoms with Gasteiger partial charge in [0.15, 0.2) is 0 Å². The maximum atomic E-state index is 11.3. The summed E-state index contributed by atoms with van der Waals surface area (Å²) in [7, 11) is 0. The third-order valence-corrected chi connectivity index (χ3v) is 4.79. The number of likely N-dealkylation sites (tertiary alicyclic amines) is 1. The lowest BCUT2D eigenvalue weighted by Crippen LogP contribution is -2.40. The molecule has 1 aliphatic heterocycles. The molecule has 0 aromatic heterocycles. The Hall–Kier alpha value is -0.870. The molecule has 4 heteroatoms. The van der Waals surface area contributed by atoms with Crippen LogP contribution in [0.4, 0.5) is 0 Å². The molecule has 0 amide bonds. The van der Waals surface area contributed by atoms with Crippen LogP contribution in [-0.2, 0) is 4.79 Å². The van der Waals surface area contributed by atoms with E-state index in [2.05, 4.69) is 24.8 Å². The molecule has 1 rings (SSSR count). The van der Waals surface area contributed by atoms with E-state index in [1.54, 1.807) is 0 Å². The predicted molar refractivity (Wildman–Crippen MR) is 94.5 cm³/mol. The van der Waals surface area contributed by atoms with Crippen molar-refractivity contribution in [1.82, 2.24) is 4.90 Å². The third kappa shape index (κ3) is 7.98. The van der Waals surface area contributed by atoms with Crippen molar-refractivity contribution in [2.45, 2.75) is 83.8 Å². The highest BCUT2D eigenvalue weighted by Gasteiger charge is 2.29. The average molecular weight is 325 g/mol. The molecule has 1 saturated heterocycles. The fourth-order valence-electron chi connectivity index (χ4n) is 3.52. The average Bonchev–Trinajstić information content (AvgIpc) is 3.03. The minimum Gasteiger partial charge on any atom is -0.481 e. The largest absolute Gasteiger partial charge is 0.481 e. The summed E-state index contributed by atoms with van der Waals surface area (Å²) in [6, 6.07) is 0.0639. The highest BCUT2D eigenvalue weighted by atomic mass is 16.4. The Bertz CT molecular complexity index is 351. The molecule has 0 saturated carbocycles. The topological polar surface area (TPSA) is 60.8 Å². The van der Waals surface area contributed by atoms with Crippen molar-refractivity contribution in [3.05, 3.63) is 12.2 Å². The molecule has 1 heterocycles. The van der Waals surface area contributed by atoms with Crippen LogP contribution in [0.5, 0.6) is 0 Å². The Morgan fingerprint density at radius 1 is 1.09 bits per heavy atom. The summed E-state index contributed by atoms with van der Waals surface area (Å²) in [4.78, 5) is 13.6. The first-order chi connectivity index (χ1) is 11.1. The van der Waals surface area contributed by atoms with Crippen LogP contribution in [0.15, 0.2) is 12.2 Å². The van der Waals surface area contributed by atoms with Crippen LogP contribution in [0.2, 0.25) is 0 Å². The van der Waals surface area contributed by atoms with E-state index in [0.29, 0.717) is 0 Å². The first-order valence-corrected chi connectivity index (χ1v) is 9.40. The van der Waals surface area contributed by atoms with Crippen LogP contribution in [0, 0.1) is 5.92 Å². The van der Waals surface area contributed by atoms with Crippen LogP contribution in [0.3, 0.4) is 0 Å². The Morgan fingerprint density at radius 3 is 2.35 bits per heavy atom. The molecule has 4 nitrogen and oxygen atoms in total. The van der Waals surface area contributed by atoms with Gasteiger partial charge in [0.1, 0.15) is 0 Å². The second-order valence-corrected chi connectivity index (χ2v) is 6.81.